The molecule has 2 heteroatoms. The van der Waals surface area contributed by atoms with Crippen LogP contribution in [0.25, 0.3) is 0 Å². The van der Waals surface area contributed by atoms with Crippen molar-refractivity contribution in [1.29, 1.82) is 0 Å². The summed E-state index contributed by atoms with van der Waals surface area (Å²) in [4.78, 5) is 0. The number of rotatable bonds is 1. The topological polar surface area (TPSA) is 22.3 Å². The van der Waals surface area contributed by atoms with Crippen LogP contribution in [-0.2, 0) is 0 Å². The van der Waals surface area contributed by atoms with Crippen molar-refractivity contribution in [3.8, 4) is 0 Å². The molecular formula is C7H4FN. The fourth-order valence-corrected chi connectivity index (χ4v) is 0.524. The predicted molar refractivity (Wildman–Crippen MR) is 31.7 cm³/mol. The molecule has 1 aromatic rings. The largest absolute Gasteiger partial charge is 0.230 e. The minimum absolute atomic E-state index is 0.133. The van der Waals surface area contributed by atoms with Crippen molar-refractivity contribution in [2.45, 2.75) is 0 Å². The Morgan fingerprint density at radius 1 is 1.22 bits per heavy atom. The standard InChI is InChI=1S/C7H4FN/c8-5-6-1-3-7(9)4-2-6/h1-4H. The van der Waals surface area contributed by atoms with E-state index in [0.717, 1.165) is 0 Å². The van der Waals surface area contributed by atoms with Gasteiger partial charge in [0, 0.05) is 0 Å². The average molecular weight is 121 g/mol. The summed E-state index contributed by atoms with van der Waals surface area (Å²) in [6, 6.07) is 5.69. The van der Waals surface area contributed by atoms with Crippen molar-refractivity contribution < 1.29 is 4.39 Å². The molecule has 0 aliphatic rings. The Balaban J connectivity index is 2.88. The molecule has 0 unspecified atom stereocenters. The summed E-state index contributed by atoms with van der Waals surface area (Å²) in [5, 5.41) is 0. The van der Waals surface area contributed by atoms with Gasteiger partial charge >= 0.3 is 0 Å². The molecule has 0 fully saturated rings. The van der Waals surface area contributed by atoms with Crippen molar-refractivity contribution in [2.75, 3.05) is 0 Å². The lowest BCUT2D eigenvalue weighted by atomic mass is 10.2. The van der Waals surface area contributed by atoms with Gasteiger partial charge in [-0.3, -0.25) is 0 Å². The molecule has 1 rings (SSSR count). The first-order valence-corrected chi connectivity index (χ1v) is 2.48. The maximum Gasteiger partial charge on any atom is 0.219 e. The van der Waals surface area contributed by atoms with E-state index in [1.54, 1.807) is 0 Å². The van der Waals surface area contributed by atoms with E-state index in [9.17, 15) is 4.39 Å². The Kier molecular flexibility index (Phi) is 1.68. The van der Waals surface area contributed by atoms with E-state index in [4.69, 9.17) is 5.73 Å². The van der Waals surface area contributed by atoms with E-state index in [1.807, 2.05) is 0 Å². The van der Waals surface area contributed by atoms with Crippen LogP contribution in [0.15, 0.2) is 24.3 Å². The molecule has 0 bridgehead atoms. The van der Waals surface area contributed by atoms with Crippen LogP contribution in [0.1, 0.15) is 5.56 Å². The van der Waals surface area contributed by atoms with Crippen LogP contribution in [0.5, 0.6) is 0 Å². The van der Waals surface area contributed by atoms with Crippen LogP contribution in [0.2, 0.25) is 0 Å². The third-order valence-electron chi connectivity index (χ3n) is 0.976. The van der Waals surface area contributed by atoms with E-state index in [1.165, 1.54) is 30.9 Å². The van der Waals surface area contributed by atoms with Gasteiger partial charge in [0.2, 0.25) is 6.67 Å². The van der Waals surface area contributed by atoms with Crippen molar-refractivity contribution in [2.24, 2.45) is 0 Å². The lowest BCUT2D eigenvalue weighted by molar-refractivity contribution is 0.646. The van der Waals surface area contributed by atoms with E-state index in [-0.39, 0.29) is 5.69 Å². The number of benzene rings is 1. The van der Waals surface area contributed by atoms with Crippen molar-refractivity contribution in [1.82, 2.24) is 5.73 Å². The van der Waals surface area contributed by atoms with E-state index in [2.05, 4.69) is 0 Å². The zero-order valence-electron chi connectivity index (χ0n) is 4.63. The fourth-order valence-electron chi connectivity index (χ4n) is 0.524. The number of hydrogen-bond donors (Lipinski definition) is 0. The highest BCUT2D eigenvalue weighted by Crippen LogP contribution is 2.08. The first kappa shape index (κ1) is 6.08. The highest BCUT2D eigenvalue weighted by molar-refractivity contribution is 5.37. The molecule has 0 aromatic heterocycles. The number of nitrogens with zero attached hydrogens (tertiary/aromatic N) is 1. The molecule has 0 spiro atoms. The SMILES string of the molecule is [N]c1ccc([C]F)cc1. The van der Waals surface area contributed by atoms with Gasteiger partial charge < -0.3 is 0 Å². The minimum atomic E-state index is 0.133. The fraction of sp³-hybridized carbons (Fsp3) is 0. The summed E-state index contributed by atoms with van der Waals surface area (Å²) in [6.07, 6.45) is 0. The third-order valence-corrected chi connectivity index (χ3v) is 0.976. The van der Waals surface area contributed by atoms with Crippen molar-refractivity contribution in [3.63, 3.8) is 0 Å². The second kappa shape index (κ2) is 2.49. The zero-order valence-corrected chi connectivity index (χ0v) is 4.63. The molecule has 0 heterocycles. The van der Waals surface area contributed by atoms with E-state index < -0.39 is 0 Å². The summed E-state index contributed by atoms with van der Waals surface area (Å²) in [5.74, 6) is 0. The molecule has 4 radical (unpaired) electrons. The monoisotopic (exact) mass is 121 g/mol. The predicted octanol–water partition coefficient (Wildman–Crippen LogP) is 1.74. The van der Waals surface area contributed by atoms with Crippen molar-refractivity contribution in [3.05, 3.63) is 36.5 Å². The number of halogens is 1. The Morgan fingerprint density at radius 2 is 1.78 bits per heavy atom. The third kappa shape index (κ3) is 1.42. The molecule has 1 nitrogen and oxygen atoms in total. The van der Waals surface area contributed by atoms with Gasteiger partial charge in [-0.1, -0.05) is 12.1 Å². The summed E-state index contributed by atoms with van der Waals surface area (Å²) < 4.78 is 11.5. The Morgan fingerprint density at radius 3 is 2.22 bits per heavy atom. The van der Waals surface area contributed by atoms with Gasteiger partial charge in [-0.2, -0.15) is 5.73 Å². The first-order chi connectivity index (χ1) is 4.33. The lowest BCUT2D eigenvalue weighted by Crippen LogP contribution is -1.73. The zero-order chi connectivity index (χ0) is 6.69. The molecule has 0 aliphatic heterocycles. The molecule has 9 heavy (non-hydrogen) atoms. The number of hydrogen-bond acceptors (Lipinski definition) is 0. The molecule has 44 valence electrons. The lowest BCUT2D eigenvalue weighted by Gasteiger charge is -1.89. The molecule has 0 amide bonds. The van der Waals surface area contributed by atoms with E-state index in [0.29, 0.717) is 5.56 Å². The Labute approximate surface area is 53.3 Å². The molecule has 1 aromatic carbocycles. The van der Waals surface area contributed by atoms with Gasteiger partial charge in [-0.25, -0.2) is 4.39 Å². The van der Waals surface area contributed by atoms with Crippen LogP contribution >= 0.6 is 0 Å². The summed E-state index contributed by atoms with van der Waals surface area (Å²) in [5.41, 5.74) is 9.18. The molecule has 0 aliphatic carbocycles. The summed E-state index contributed by atoms with van der Waals surface area (Å²) in [6.45, 7) is 1.44. The summed E-state index contributed by atoms with van der Waals surface area (Å²) in [7, 11) is 0. The van der Waals surface area contributed by atoms with Crippen molar-refractivity contribution >= 4 is 5.69 Å². The van der Waals surface area contributed by atoms with Gasteiger partial charge in [-0.15, -0.1) is 0 Å². The maximum absolute atomic E-state index is 11.5. The minimum Gasteiger partial charge on any atom is -0.230 e. The smallest absolute Gasteiger partial charge is 0.219 e. The molecule has 0 saturated carbocycles. The molecule has 0 saturated heterocycles. The quantitative estimate of drug-likeness (QED) is 0.540. The summed E-state index contributed by atoms with van der Waals surface area (Å²) >= 11 is 0. The second-order valence-corrected chi connectivity index (χ2v) is 1.64. The van der Waals surface area contributed by atoms with E-state index >= 15 is 0 Å². The molecule has 0 N–H and O–H groups in total. The van der Waals surface area contributed by atoms with Crippen LogP contribution in [0.4, 0.5) is 10.1 Å². The molecule has 0 atom stereocenters. The van der Waals surface area contributed by atoms with Crippen LogP contribution < -0.4 is 5.73 Å². The first-order valence-electron chi connectivity index (χ1n) is 2.48. The van der Waals surface area contributed by atoms with Gasteiger partial charge in [0.15, 0.2) is 0 Å². The van der Waals surface area contributed by atoms with Crippen LogP contribution in [0, 0.1) is 6.67 Å². The Hall–Kier alpha value is -1.05. The van der Waals surface area contributed by atoms with Gasteiger partial charge in [0.25, 0.3) is 0 Å². The molecular weight excluding hydrogens is 117 g/mol. The van der Waals surface area contributed by atoms with Crippen LogP contribution in [-0.4, -0.2) is 0 Å². The van der Waals surface area contributed by atoms with Crippen LogP contribution in [0.3, 0.4) is 0 Å². The van der Waals surface area contributed by atoms with Gasteiger partial charge in [-0.05, 0) is 17.7 Å². The second-order valence-electron chi connectivity index (χ2n) is 1.64. The highest BCUT2D eigenvalue weighted by atomic mass is 19.1. The Bertz CT molecular complexity index is 181. The van der Waals surface area contributed by atoms with Gasteiger partial charge in [0.1, 0.15) is 0 Å². The average Bonchev–Trinajstić information content (AvgIpc) is 1.90. The highest BCUT2D eigenvalue weighted by Gasteiger charge is 1.91. The maximum atomic E-state index is 11.5. The normalized spacial score (nSPS) is 9.44. The van der Waals surface area contributed by atoms with Gasteiger partial charge in [0.05, 0.1) is 5.69 Å².